The molecule has 0 amide bonds. The van der Waals surface area contributed by atoms with Crippen molar-refractivity contribution in [2.24, 2.45) is 0 Å². The van der Waals surface area contributed by atoms with Crippen molar-refractivity contribution in [1.29, 1.82) is 0 Å². The fraction of sp³-hybridized carbons (Fsp3) is 0. The molecule has 3 nitrogen and oxygen atoms in total. The molecule has 2 aromatic heterocycles. The van der Waals surface area contributed by atoms with Crippen molar-refractivity contribution in [3.05, 3.63) is 46.5 Å². The van der Waals surface area contributed by atoms with Gasteiger partial charge in [-0.15, -0.1) is 0 Å². The van der Waals surface area contributed by atoms with Gasteiger partial charge < -0.3 is 4.74 Å². The van der Waals surface area contributed by atoms with Gasteiger partial charge in [0.25, 0.3) is 0 Å². The minimum Gasteiger partial charge on any atom is -0.451 e. The maximum absolute atomic E-state index is 12.9. The van der Waals surface area contributed by atoms with Crippen molar-refractivity contribution in [1.82, 2.24) is 9.97 Å². The van der Waals surface area contributed by atoms with Crippen LogP contribution in [-0.2, 0) is 0 Å². The molecule has 0 radical (unpaired) electrons. The van der Waals surface area contributed by atoms with Crippen LogP contribution >= 0.6 is 23.2 Å². The molecule has 7 heteroatoms. The Hall–Kier alpha value is -1.46. The van der Waals surface area contributed by atoms with E-state index in [2.05, 4.69) is 9.97 Å². The molecule has 2 heterocycles. The largest absolute Gasteiger partial charge is 0.451 e. The number of ether oxygens (including phenoxy) is 1. The first kappa shape index (κ1) is 12.0. The second-order valence-electron chi connectivity index (χ2n) is 2.99. The maximum atomic E-state index is 12.9. The van der Waals surface area contributed by atoms with Crippen LogP contribution in [-0.4, -0.2) is 9.97 Å². The molecule has 0 fully saturated rings. The number of rotatable bonds is 2. The summed E-state index contributed by atoms with van der Waals surface area (Å²) < 4.78 is 30.9. The van der Waals surface area contributed by atoms with E-state index >= 15 is 0 Å². The zero-order valence-electron chi connectivity index (χ0n) is 8.12. The van der Waals surface area contributed by atoms with E-state index in [1.807, 2.05) is 0 Å². The number of aromatic nitrogens is 2. The predicted octanol–water partition coefficient (Wildman–Crippen LogP) is 3.85. The number of pyridine rings is 2. The smallest absolute Gasteiger partial charge is 0.171 e. The molecule has 0 atom stereocenters. The van der Waals surface area contributed by atoms with Gasteiger partial charge in [0, 0.05) is 12.1 Å². The van der Waals surface area contributed by atoms with Gasteiger partial charge in [0.15, 0.2) is 21.8 Å². The minimum absolute atomic E-state index is 0.0632. The minimum atomic E-state index is -0.634. The lowest BCUT2D eigenvalue weighted by molar-refractivity contribution is 0.465. The number of hydrogen-bond donors (Lipinski definition) is 0. The van der Waals surface area contributed by atoms with Crippen LogP contribution in [0, 0.1) is 11.6 Å². The summed E-state index contributed by atoms with van der Waals surface area (Å²) in [5.74, 6) is -1.41. The van der Waals surface area contributed by atoms with Crippen molar-refractivity contribution in [3.8, 4) is 11.5 Å². The molecule has 0 saturated heterocycles. The van der Waals surface area contributed by atoms with Crippen molar-refractivity contribution < 1.29 is 13.5 Å². The molecule has 0 bridgehead atoms. The molecular formula is C10H4Cl2F2N2O. The van der Waals surface area contributed by atoms with Crippen LogP contribution < -0.4 is 4.74 Å². The third-order valence-corrected chi connectivity index (χ3v) is 2.33. The predicted molar refractivity (Wildman–Crippen MR) is 58.5 cm³/mol. The van der Waals surface area contributed by atoms with Gasteiger partial charge in [0.2, 0.25) is 0 Å². The lowest BCUT2D eigenvalue weighted by Gasteiger charge is -2.07. The van der Waals surface area contributed by atoms with Gasteiger partial charge >= 0.3 is 0 Å². The van der Waals surface area contributed by atoms with E-state index in [0.29, 0.717) is 0 Å². The lowest BCUT2D eigenvalue weighted by atomic mass is 10.4. The highest BCUT2D eigenvalue weighted by Crippen LogP contribution is 2.31. The van der Waals surface area contributed by atoms with Crippen LogP contribution in [0.2, 0.25) is 10.3 Å². The SMILES string of the molecule is Fc1cnc(Cl)c(Oc2cc(F)cnc2Cl)c1. The van der Waals surface area contributed by atoms with E-state index in [1.54, 1.807) is 0 Å². The summed E-state index contributed by atoms with van der Waals surface area (Å²) in [5.41, 5.74) is 0. The van der Waals surface area contributed by atoms with Crippen LogP contribution in [0.1, 0.15) is 0 Å². The Morgan fingerprint density at radius 1 is 0.882 bits per heavy atom. The topological polar surface area (TPSA) is 35.0 Å². The Morgan fingerprint density at radius 3 is 1.71 bits per heavy atom. The average molecular weight is 277 g/mol. The van der Waals surface area contributed by atoms with Crippen LogP contribution in [0.3, 0.4) is 0 Å². The third kappa shape index (κ3) is 2.81. The monoisotopic (exact) mass is 276 g/mol. The summed E-state index contributed by atoms with van der Waals surface area (Å²) in [6.45, 7) is 0. The van der Waals surface area contributed by atoms with E-state index in [4.69, 9.17) is 27.9 Å². The first-order valence-electron chi connectivity index (χ1n) is 4.36. The molecule has 0 unspecified atom stereocenters. The van der Waals surface area contributed by atoms with Crippen molar-refractivity contribution in [2.75, 3.05) is 0 Å². The lowest BCUT2D eigenvalue weighted by Crippen LogP contribution is -1.92. The molecule has 2 aromatic rings. The second-order valence-corrected chi connectivity index (χ2v) is 3.70. The number of nitrogens with zero attached hydrogens (tertiary/aromatic N) is 2. The zero-order valence-corrected chi connectivity index (χ0v) is 9.64. The molecule has 0 aromatic carbocycles. The zero-order chi connectivity index (χ0) is 12.4. The molecule has 0 N–H and O–H groups in total. The molecular weight excluding hydrogens is 273 g/mol. The van der Waals surface area contributed by atoms with E-state index in [9.17, 15) is 8.78 Å². The highest BCUT2D eigenvalue weighted by Gasteiger charge is 2.10. The summed E-state index contributed by atoms with van der Waals surface area (Å²) in [5, 5.41) is -0.126. The van der Waals surface area contributed by atoms with Gasteiger partial charge in [-0.25, -0.2) is 18.7 Å². The van der Waals surface area contributed by atoms with Gasteiger partial charge in [-0.3, -0.25) is 0 Å². The third-order valence-electron chi connectivity index (χ3n) is 1.77. The highest BCUT2D eigenvalue weighted by atomic mass is 35.5. The fourth-order valence-corrected chi connectivity index (χ4v) is 1.35. The van der Waals surface area contributed by atoms with Gasteiger partial charge in [0.1, 0.15) is 11.6 Å². The van der Waals surface area contributed by atoms with Crippen molar-refractivity contribution in [2.45, 2.75) is 0 Å². The molecule has 0 saturated carbocycles. The standard InChI is InChI=1S/C10H4Cl2F2N2O/c11-9-7(1-5(13)3-15-9)17-8-2-6(14)4-16-10(8)12/h1-4H. The molecule has 0 spiro atoms. The number of hydrogen-bond acceptors (Lipinski definition) is 3. The molecule has 88 valence electrons. The highest BCUT2D eigenvalue weighted by molar-refractivity contribution is 6.31. The van der Waals surface area contributed by atoms with Crippen LogP contribution in [0.5, 0.6) is 11.5 Å². The quantitative estimate of drug-likeness (QED) is 0.782. The van der Waals surface area contributed by atoms with Crippen molar-refractivity contribution in [3.63, 3.8) is 0 Å². The normalized spacial score (nSPS) is 10.4. The van der Waals surface area contributed by atoms with Gasteiger partial charge in [-0.1, -0.05) is 23.2 Å². The summed E-state index contributed by atoms with van der Waals surface area (Å²) in [6.07, 6.45) is 1.86. The second kappa shape index (κ2) is 4.81. The van der Waals surface area contributed by atoms with Gasteiger partial charge in [0.05, 0.1) is 12.4 Å². The van der Waals surface area contributed by atoms with E-state index in [-0.39, 0.29) is 21.8 Å². The van der Waals surface area contributed by atoms with Crippen LogP contribution in [0.4, 0.5) is 8.78 Å². The first-order valence-corrected chi connectivity index (χ1v) is 5.12. The summed E-state index contributed by atoms with van der Waals surface area (Å²) in [4.78, 5) is 7.07. The molecule has 2 rings (SSSR count). The summed E-state index contributed by atoms with van der Waals surface area (Å²) in [7, 11) is 0. The fourth-order valence-electron chi connectivity index (χ4n) is 1.07. The molecule has 17 heavy (non-hydrogen) atoms. The molecule has 0 aliphatic heterocycles. The molecule has 0 aliphatic rings. The van der Waals surface area contributed by atoms with E-state index in [0.717, 1.165) is 24.5 Å². The Bertz CT molecular complexity index is 516. The maximum Gasteiger partial charge on any atom is 0.171 e. The first-order chi connectivity index (χ1) is 8.06. The van der Waals surface area contributed by atoms with Crippen LogP contribution in [0.15, 0.2) is 24.5 Å². The van der Waals surface area contributed by atoms with E-state index in [1.165, 1.54) is 0 Å². The Kier molecular flexibility index (Phi) is 3.40. The Morgan fingerprint density at radius 2 is 1.29 bits per heavy atom. The summed E-state index contributed by atoms with van der Waals surface area (Å²) >= 11 is 11.4. The Balaban J connectivity index is 2.37. The summed E-state index contributed by atoms with van der Waals surface area (Å²) in [6, 6.07) is 2.02. The Labute approximate surface area is 105 Å². The average Bonchev–Trinajstić information content (AvgIpc) is 2.28. The van der Waals surface area contributed by atoms with Crippen LogP contribution in [0.25, 0.3) is 0 Å². The molecule has 0 aliphatic carbocycles. The van der Waals surface area contributed by atoms with E-state index < -0.39 is 11.6 Å². The van der Waals surface area contributed by atoms with Crippen molar-refractivity contribution >= 4 is 23.2 Å². The van der Waals surface area contributed by atoms with Gasteiger partial charge in [-0.2, -0.15) is 0 Å². The number of halogens is 4. The van der Waals surface area contributed by atoms with Gasteiger partial charge in [-0.05, 0) is 0 Å².